The molecule has 2 N–H and O–H groups in total. The van der Waals surface area contributed by atoms with Crippen LogP contribution in [0.25, 0.3) is 11.3 Å². The van der Waals surface area contributed by atoms with Gasteiger partial charge in [-0.05, 0) is 74.8 Å². The number of benzene rings is 2. The van der Waals surface area contributed by atoms with Crippen LogP contribution in [0.5, 0.6) is 0 Å². The lowest BCUT2D eigenvalue weighted by molar-refractivity contribution is -0.581. The molecular formula is C25H24ClN5O. The molecule has 3 heterocycles. The van der Waals surface area contributed by atoms with Gasteiger partial charge in [-0.2, -0.15) is 0 Å². The van der Waals surface area contributed by atoms with Gasteiger partial charge in [-0.15, -0.1) is 0 Å². The first-order valence-corrected chi connectivity index (χ1v) is 11.3. The third kappa shape index (κ3) is 4.36. The molecule has 1 aromatic heterocycles. The molecule has 3 aromatic rings. The molecule has 2 aliphatic rings. The minimum atomic E-state index is 0.230. The average molecular weight is 446 g/mol. The van der Waals surface area contributed by atoms with Gasteiger partial charge in [-0.25, -0.2) is 10.0 Å². The van der Waals surface area contributed by atoms with Crippen LogP contribution in [0, 0.1) is 17.0 Å². The monoisotopic (exact) mass is 445 g/mol. The molecular weight excluding hydrogens is 422 g/mol. The number of likely N-dealkylation sites (tertiary alicyclic amines) is 1. The SMILES string of the molecule is [O-][n+]1c(Nc2ccc(Cl)cc2)ncc2c1-c1ccc(C#CCN3CCCC3)cc1NCC2. The molecule has 2 aromatic carbocycles. The van der Waals surface area contributed by atoms with Crippen molar-refractivity contribution in [2.24, 2.45) is 0 Å². The van der Waals surface area contributed by atoms with E-state index in [9.17, 15) is 5.21 Å². The van der Waals surface area contributed by atoms with Crippen molar-refractivity contribution in [1.29, 1.82) is 0 Å². The maximum absolute atomic E-state index is 13.3. The number of nitrogens with zero attached hydrogens (tertiary/aromatic N) is 3. The fourth-order valence-corrected chi connectivity index (χ4v) is 4.33. The van der Waals surface area contributed by atoms with Crippen LogP contribution >= 0.6 is 11.6 Å². The summed E-state index contributed by atoms with van der Waals surface area (Å²) < 4.78 is 0.883. The lowest BCUT2D eigenvalue weighted by Gasteiger charge is -2.17. The second-order valence-corrected chi connectivity index (χ2v) is 8.54. The highest BCUT2D eigenvalue weighted by Gasteiger charge is 2.22. The highest BCUT2D eigenvalue weighted by atomic mass is 35.5. The van der Waals surface area contributed by atoms with Crippen molar-refractivity contribution in [2.75, 3.05) is 36.8 Å². The first-order chi connectivity index (χ1) is 15.7. The molecule has 0 radical (unpaired) electrons. The Morgan fingerprint density at radius 3 is 2.78 bits per heavy atom. The molecule has 7 heteroatoms. The molecule has 162 valence electrons. The van der Waals surface area contributed by atoms with Gasteiger partial charge in [0.15, 0.2) is 0 Å². The zero-order valence-electron chi connectivity index (χ0n) is 17.7. The van der Waals surface area contributed by atoms with Crippen LogP contribution in [-0.4, -0.2) is 36.1 Å². The topological polar surface area (TPSA) is 67.1 Å². The Morgan fingerprint density at radius 1 is 1.16 bits per heavy atom. The van der Waals surface area contributed by atoms with Crippen molar-refractivity contribution in [3.63, 3.8) is 0 Å². The van der Waals surface area contributed by atoms with E-state index in [1.54, 1.807) is 18.3 Å². The number of rotatable bonds is 3. The molecule has 0 atom stereocenters. The minimum Gasteiger partial charge on any atom is -0.740 e. The third-order valence-electron chi connectivity index (χ3n) is 5.86. The van der Waals surface area contributed by atoms with Gasteiger partial charge in [0.05, 0.1) is 12.2 Å². The van der Waals surface area contributed by atoms with Crippen molar-refractivity contribution in [1.82, 2.24) is 9.88 Å². The Kier molecular flexibility index (Phi) is 5.85. The summed E-state index contributed by atoms with van der Waals surface area (Å²) in [5.41, 5.74) is 5.02. The van der Waals surface area contributed by atoms with Crippen molar-refractivity contribution in [3.8, 4) is 23.1 Å². The molecule has 0 aliphatic carbocycles. The normalized spacial score (nSPS) is 15.0. The maximum atomic E-state index is 13.3. The minimum absolute atomic E-state index is 0.230. The van der Waals surface area contributed by atoms with E-state index in [1.165, 1.54) is 12.8 Å². The van der Waals surface area contributed by atoms with Crippen LogP contribution in [-0.2, 0) is 6.42 Å². The van der Waals surface area contributed by atoms with E-state index in [-0.39, 0.29) is 5.95 Å². The third-order valence-corrected chi connectivity index (χ3v) is 6.11. The smallest absolute Gasteiger partial charge is 0.397 e. The molecule has 32 heavy (non-hydrogen) atoms. The van der Waals surface area contributed by atoms with E-state index < -0.39 is 0 Å². The fourth-order valence-electron chi connectivity index (χ4n) is 4.20. The number of aromatic nitrogens is 2. The molecule has 1 saturated heterocycles. The molecule has 0 bridgehead atoms. The second-order valence-electron chi connectivity index (χ2n) is 8.10. The van der Waals surface area contributed by atoms with Crippen LogP contribution in [0.4, 0.5) is 17.3 Å². The molecule has 6 nitrogen and oxygen atoms in total. The van der Waals surface area contributed by atoms with Crippen LogP contribution in [0.15, 0.2) is 48.7 Å². The molecule has 0 unspecified atom stereocenters. The molecule has 5 rings (SSSR count). The summed E-state index contributed by atoms with van der Waals surface area (Å²) in [5, 5.41) is 20.5. The highest BCUT2D eigenvalue weighted by molar-refractivity contribution is 6.30. The summed E-state index contributed by atoms with van der Waals surface area (Å²) in [6.45, 7) is 3.82. The Morgan fingerprint density at radius 2 is 1.97 bits per heavy atom. The Balaban J connectivity index is 1.45. The van der Waals surface area contributed by atoms with Crippen LogP contribution in [0.1, 0.15) is 24.0 Å². The quantitative estimate of drug-likeness (QED) is 0.359. The Bertz CT molecular complexity index is 1190. The van der Waals surface area contributed by atoms with Gasteiger partial charge in [0, 0.05) is 33.9 Å². The van der Waals surface area contributed by atoms with E-state index in [2.05, 4.69) is 32.4 Å². The lowest BCUT2D eigenvalue weighted by Crippen LogP contribution is -2.35. The highest BCUT2D eigenvalue weighted by Crippen LogP contribution is 2.32. The van der Waals surface area contributed by atoms with Crippen LogP contribution in [0.3, 0.4) is 0 Å². The molecule has 0 spiro atoms. The maximum Gasteiger partial charge on any atom is 0.397 e. The van der Waals surface area contributed by atoms with Gasteiger partial charge in [-0.3, -0.25) is 4.90 Å². The van der Waals surface area contributed by atoms with Gasteiger partial charge < -0.3 is 10.5 Å². The molecule has 0 saturated carbocycles. The summed E-state index contributed by atoms with van der Waals surface area (Å²) in [6.07, 6.45) is 5.03. The van der Waals surface area contributed by atoms with Gasteiger partial charge in [0.1, 0.15) is 11.9 Å². The standard InChI is InChI=1S/C25H24ClN5O/c26-20-6-8-21(9-7-20)29-25-28-17-19-11-12-27-23-16-18(4-3-15-30-13-1-2-14-30)5-10-22(23)24(19)31(25)32/h5-10,16-17,27H,1-2,11-15H2,(H,28,29). The predicted molar refractivity (Wildman–Crippen MR) is 128 cm³/mol. The number of nitrogens with one attached hydrogen (secondary N) is 2. The summed E-state index contributed by atoms with van der Waals surface area (Å²) in [5.74, 6) is 6.80. The number of fused-ring (bicyclic) bond motifs is 3. The average Bonchev–Trinajstić information content (AvgIpc) is 3.24. The zero-order valence-corrected chi connectivity index (χ0v) is 18.5. The fraction of sp³-hybridized carbons (Fsp3) is 0.280. The van der Waals surface area contributed by atoms with Gasteiger partial charge in [0.2, 0.25) is 0 Å². The number of hydrogen-bond acceptors (Lipinski definition) is 5. The van der Waals surface area contributed by atoms with E-state index in [0.29, 0.717) is 10.7 Å². The van der Waals surface area contributed by atoms with Gasteiger partial charge in [-0.1, -0.05) is 28.4 Å². The van der Waals surface area contributed by atoms with E-state index in [4.69, 9.17) is 11.6 Å². The first-order valence-electron chi connectivity index (χ1n) is 10.9. The number of anilines is 3. The van der Waals surface area contributed by atoms with E-state index >= 15 is 0 Å². The Hall–Kier alpha value is -3.27. The second kappa shape index (κ2) is 9.07. The zero-order chi connectivity index (χ0) is 21.9. The number of hydrogen-bond donors (Lipinski definition) is 2. The largest absolute Gasteiger partial charge is 0.740 e. The van der Waals surface area contributed by atoms with E-state index in [1.807, 2.05) is 30.3 Å². The first kappa shape index (κ1) is 20.6. The predicted octanol–water partition coefficient (Wildman–Crippen LogP) is 4.19. The van der Waals surface area contributed by atoms with Crippen molar-refractivity contribution < 1.29 is 4.73 Å². The summed E-state index contributed by atoms with van der Waals surface area (Å²) in [6, 6.07) is 13.2. The number of halogens is 1. The van der Waals surface area contributed by atoms with E-state index in [0.717, 1.165) is 65.4 Å². The Labute approximate surface area is 192 Å². The van der Waals surface area contributed by atoms with Crippen molar-refractivity contribution in [2.45, 2.75) is 19.3 Å². The van der Waals surface area contributed by atoms with Crippen LogP contribution < -0.4 is 15.4 Å². The van der Waals surface area contributed by atoms with Crippen molar-refractivity contribution >= 4 is 28.9 Å². The van der Waals surface area contributed by atoms with Gasteiger partial charge in [0.25, 0.3) is 0 Å². The molecule has 2 aliphatic heterocycles. The van der Waals surface area contributed by atoms with Crippen molar-refractivity contribution in [3.05, 3.63) is 70.0 Å². The van der Waals surface area contributed by atoms with Gasteiger partial charge >= 0.3 is 5.95 Å². The molecule has 0 amide bonds. The lowest BCUT2D eigenvalue weighted by atomic mass is 10.0. The van der Waals surface area contributed by atoms with Crippen LogP contribution in [0.2, 0.25) is 5.02 Å². The summed E-state index contributed by atoms with van der Waals surface area (Å²) in [7, 11) is 0. The molecule has 1 fully saturated rings. The summed E-state index contributed by atoms with van der Waals surface area (Å²) >= 11 is 5.96. The summed E-state index contributed by atoms with van der Waals surface area (Å²) in [4.78, 5) is 6.75.